The number of carbonyl (C=O) groups is 2. The molecule has 0 aromatic heterocycles. The van der Waals surface area contributed by atoms with Crippen LogP contribution in [0.15, 0.2) is 83.8 Å². The second-order valence-electron chi connectivity index (χ2n) is 7.11. The average molecular weight is 453 g/mol. The summed E-state index contributed by atoms with van der Waals surface area (Å²) in [6, 6.07) is 24.1. The number of halogens is 1. The smallest absolute Gasteiger partial charge is 0.253 e. The van der Waals surface area contributed by atoms with Crippen LogP contribution in [-0.2, 0) is 4.79 Å². The summed E-state index contributed by atoms with van der Waals surface area (Å²) in [7, 11) is 0. The van der Waals surface area contributed by atoms with Gasteiger partial charge in [0.2, 0.25) is 5.91 Å². The number of hydrogen-bond acceptors (Lipinski definition) is 3. The van der Waals surface area contributed by atoms with E-state index in [1.165, 1.54) is 11.8 Å². The van der Waals surface area contributed by atoms with Crippen molar-refractivity contribution in [3.05, 3.63) is 95.0 Å². The lowest BCUT2D eigenvalue weighted by atomic mass is 10.1. The molecule has 6 heteroatoms. The number of anilines is 1. The molecule has 3 rings (SSSR count). The fourth-order valence-electron chi connectivity index (χ4n) is 3.10. The van der Waals surface area contributed by atoms with E-state index in [1.54, 1.807) is 24.3 Å². The molecule has 0 saturated heterocycles. The highest BCUT2D eigenvalue weighted by molar-refractivity contribution is 8.00. The maximum absolute atomic E-state index is 12.9. The van der Waals surface area contributed by atoms with Crippen molar-refractivity contribution in [2.24, 2.45) is 0 Å². The van der Waals surface area contributed by atoms with Crippen molar-refractivity contribution in [1.82, 2.24) is 5.32 Å². The number of nitrogens with one attached hydrogen (secondary N) is 2. The second kappa shape index (κ2) is 11.0. The number of rotatable bonds is 8. The highest BCUT2D eigenvalue weighted by Crippen LogP contribution is 2.28. The fourth-order valence-corrected chi connectivity index (χ4v) is 4.18. The number of benzene rings is 3. The molecule has 0 bridgehead atoms. The molecule has 0 aliphatic rings. The Balaban J connectivity index is 1.70. The first-order valence-electron chi connectivity index (χ1n) is 10.2. The van der Waals surface area contributed by atoms with Crippen molar-refractivity contribution in [2.45, 2.75) is 36.5 Å². The SMILES string of the molecule is CC[C@@H](Sc1ccc(Cl)cc1)C(=O)Nc1ccccc1C(=O)N[C@H](C)c1ccccc1. The van der Waals surface area contributed by atoms with Crippen LogP contribution in [0.4, 0.5) is 5.69 Å². The maximum atomic E-state index is 12.9. The molecule has 2 atom stereocenters. The molecule has 0 aliphatic heterocycles. The van der Waals surface area contributed by atoms with Gasteiger partial charge in [-0.3, -0.25) is 9.59 Å². The lowest BCUT2D eigenvalue weighted by Crippen LogP contribution is -2.29. The molecule has 3 aromatic rings. The molecule has 0 radical (unpaired) electrons. The Labute approximate surface area is 192 Å². The van der Waals surface area contributed by atoms with Gasteiger partial charge in [0, 0.05) is 9.92 Å². The summed E-state index contributed by atoms with van der Waals surface area (Å²) in [6.45, 7) is 3.90. The molecule has 2 amide bonds. The topological polar surface area (TPSA) is 58.2 Å². The van der Waals surface area contributed by atoms with Gasteiger partial charge in [0.25, 0.3) is 5.91 Å². The third-order valence-corrected chi connectivity index (χ3v) is 6.46. The molecule has 0 unspecified atom stereocenters. The predicted molar refractivity (Wildman–Crippen MR) is 129 cm³/mol. The van der Waals surface area contributed by atoms with Crippen LogP contribution in [0.5, 0.6) is 0 Å². The van der Waals surface area contributed by atoms with E-state index in [1.807, 2.05) is 68.4 Å². The Hall–Kier alpha value is -2.76. The van der Waals surface area contributed by atoms with Gasteiger partial charge in [0.1, 0.15) is 0 Å². The van der Waals surface area contributed by atoms with Gasteiger partial charge in [-0.15, -0.1) is 11.8 Å². The Morgan fingerprint density at radius 1 is 0.935 bits per heavy atom. The molecule has 4 nitrogen and oxygen atoms in total. The van der Waals surface area contributed by atoms with Crippen molar-refractivity contribution < 1.29 is 9.59 Å². The lowest BCUT2D eigenvalue weighted by Gasteiger charge is -2.18. The minimum atomic E-state index is -0.291. The van der Waals surface area contributed by atoms with Crippen molar-refractivity contribution >= 4 is 40.9 Å². The normalized spacial score (nSPS) is 12.6. The minimum Gasteiger partial charge on any atom is -0.345 e. The number of para-hydroxylation sites is 1. The molecule has 0 spiro atoms. The third-order valence-electron chi connectivity index (χ3n) is 4.83. The van der Waals surface area contributed by atoms with Gasteiger partial charge in [-0.25, -0.2) is 0 Å². The molecule has 2 N–H and O–H groups in total. The first kappa shape index (κ1) is 22.9. The van der Waals surface area contributed by atoms with Crippen LogP contribution in [0.2, 0.25) is 5.02 Å². The molecule has 160 valence electrons. The number of carbonyl (C=O) groups excluding carboxylic acids is 2. The first-order chi connectivity index (χ1) is 15.0. The summed E-state index contributed by atoms with van der Waals surface area (Å²) < 4.78 is 0. The van der Waals surface area contributed by atoms with Crippen molar-refractivity contribution in [2.75, 3.05) is 5.32 Å². The number of hydrogen-bond donors (Lipinski definition) is 2. The zero-order chi connectivity index (χ0) is 22.2. The van der Waals surface area contributed by atoms with Gasteiger partial charge in [0.05, 0.1) is 22.5 Å². The van der Waals surface area contributed by atoms with Gasteiger partial charge in [-0.1, -0.05) is 61.0 Å². The second-order valence-corrected chi connectivity index (χ2v) is 8.82. The molecular formula is C25H25ClN2O2S. The summed E-state index contributed by atoms with van der Waals surface area (Å²) in [5.41, 5.74) is 1.95. The Morgan fingerprint density at radius 2 is 1.58 bits per heavy atom. The summed E-state index contributed by atoms with van der Waals surface area (Å²) in [4.78, 5) is 26.8. The van der Waals surface area contributed by atoms with E-state index >= 15 is 0 Å². The maximum Gasteiger partial charge on any atom is 0.253 e. The van der Waals surface area contributed by atoms with Crippen molar-refractivity contribution in [1.29, 1.82) is 0 Å². The molecule has 0 aliphatic carbocycles. The summed E-state index contributed by atoms with van der Waals surface area (Å²) in [5, 5.41) is 6.31. The van der Waals surface area contributed by atoms with Crippen LogP contribution in [0, 0.1) is 0 Å². The minimum absolute atomic E-state index is 0.140. The summed E-state index contributed by atoms with van der Waals surface area (Å²) >= 11 is 7.42. The van der Waals surface area contributed by atoms with E-state index in [-0.39, 0.29) is 23.1 Å². The Kier molecular flexibility index (Phi) is 8.15. The van der Waals surface area contributed by atoms with E-state index in [0.717, 1.165) is 10.5 Å². The van der Waals surface area contributed by atoms with E-state index in [0.29, 0.717) is 22.7 Å². The third kappa shape index (κ3) is 6.36. The van der Waals surface area contributed by atoms with E-state index < -0.39 is 0 Å². The summed E-state index contributed by atoms with van der Waals surface area (Å²) in [6.07, 6.45) is 0.651. The van der Waals surface area contributed by atoms with Gasteiger partial charge in [-0.05, 0) is 55.3 Å². The van der Waals surface area contributed by atoms with Gasteiger partial charge in [0.15, 0.2) is 0 Å². The average Bonchev–Trinajstić information content (AvgIpc) is 2.79. The Morgan fingerprint density at radius 3 is 2.26 bits per heavy atom. The zero-order valence-corrected chi connectivity index (χ0v) is 19.0. The highest BCUT2D eigenvalue weighted by Gasteiger charge is 2.21. The number of thioether (sulfide) groups is 1. The van der Waals surface area contributed by atoms with E-state index in [9.17, 15) is 9.59 Å². The largest absolute Gasteiger partial charge is 0.345 e. The molecular weight excluding hydrogens is 428 g/mol. The Bertz CT molecular complexity index is 1030. The highest BCUT2D eigenvalue weighted by atomic mass is 35.5. The summed E-state index contributed by atoms with van der Waals surface area (Å²) in [5.74, 6) is -0.371. The van der Waals surface area contributed by atoms with E-state index in [4.69, 9.17) is 11.6 Å². The van der Waals surface area contributed by atoms with Gasteiger partial charge >= 0.3 is 0 Å². The monoisotopic (exact) mass is 452 g/mol. The van der Waals surface area contributed by atoms with Crippen LogP contribution in [0.25, 0.3) is 0 Å². The van der Waals surface area contributed by atoms with Crippen LogP contribution < -0.4 is 10.6 Å². The van der Waals surface area contributed by atoms with Gasteiger partial charge < -0.3 is 10.6 Å². The fraction of sp³-hybridized carbons (Fsp3) is 0.200. The van der Waals surface area contributed by atoms with E-state index in [2.05, 4.69) is 10.6 Å². The molecule has 31 heavy (non-hydrogen) atoms. The van der Waals surface area contributed by atoms with Crippen LogP contribution in [-0.4, -0.2) is 17.1 Å². The standard InChI is InChI=1S/C25H25ClN2O2S/c1-3-23(31-20-15-13-19(26)14-16-20)25(30)28-22-12-8-7-11-21(22)24(29)27-17(2)18-9-5-4-6-10-18/h4-17,23H,3H2,1-2H3,(H,27,29)(H,28,30)/t17-,23-/m1/s1. The van der Waals surface area contributed by atoms with Gasteiger partial charge in [-0.2, -0.15) is 0 Å². The quantitative estimate of drug-likeness (QED) is 0.392. The first-order valence-corrected chi connectivity index (χ1v) is 11.4. The van der Waals surface area contributed by atoms with Crippen LogP contribution >= 0.6 is 23.4 Å². The van der Waals surface area contributed by atoms with Crippen LogP contribution in [0.3, 0.4) is 0 Å². The lowest BCUT2D eigenvalue weighted by molar-refractivity contribution is -0.115. The molecule has 3 aromatic carbocycles. The predicted octanol–water partition coefficient (Wildman–Crippen LogP) is 6.34. The van der Waals surface area contributed by atoms with Crippen molar-refractivity contribution in [3.8, 4) is 0 Å². The molecule has 0 saturated carbocycles. The van der Waals surface area contributed by atoms with Crippen LogP contribution in [0.1, 0.15) is 42.2 Å². The molecule has 0 fully saturated rings. The van der Waals surface area contributed by atoms with Crippen molar-refractivity contribution in [3.63, 3.8) is 0 Å². The zero-order valence-electron chi connectivity index (χ0n) is 17.5. The number of amides is 2. The molecule has 0 heterocycles.